The summed E-state index contributed by atoms with van der Waals surface area (Å²) in [6, 6.07) is 8.07. The largest absolute Gasteiger partial charge is 0.423 e. The minimum atomic E-state index is -4.42. The molecule has 3 rings (SSSR count). The maximum atomic E-state index is 12.7. The average Bonchev–Trinajstić information content (AvgIpc) is 2.95. The van der Waals surface area contributed by atoms with Crippen molar-refractivity contribution in [2.24, 2.45) is 0 Å². The molecule has 0 saturated carbocycles. The lowest BCUT2D eigenvalue weighted by atomic mass is 10.2. The van der Waals surface area contributed by atoms with E-state index in [1.165, 1.54) is 30.7 Å². The van der Waals surface area contributed by atoms with Crippen molar-refractivity contribution in [3.63, 3.8) is 0 Å². The van der Waals surface area contributed by atoms with Crippen LogP contribution in [0, 0.1) is 0 Å². The summed E-state index contributed by atoms with van der Waals surface area (Å²) in [5.74, 6) is 0.364. The molecule has 0 atom stereocenters. The Labute approximate surface area is 128 Å². The van der Waals surface area contributed by atoms with Gasteiger partial charge in [-0.15, -0.1) is 0 Å². The molecule has 0 saturated heterocycles. The molecule has 0 spiro atoms. The summed E-state index contributed by atoms with van der Waals surface area (Å²) in [4.78, 5) is 3.96. The Balaban J connectivity index is 1.82. The van der Waals surface area contributed by atoms with Gasteiger partial charge in [-0.2, -0.15) is 13.2 Å². The predicted molar refractivity (Wildman–Crippen MR) is 74.0 cm³/mol. The van der Waals surface area contributed by atoms with Gasteiger partial charge in [0.05, 0.1) is 17.3 Å². The van der Waals surface area contributed by atoms with Crippen LogP contribution < -0.4 is 10.0 Å². The Morgan fingerprint density at radius 1 is 1.17 bits per heavy atom. The van der Waals surface area contributed by atoms with Crippen LogP contribution in [0.1, 0.15) is 5.56 Å². The second kappa shape index (κ2) is 5.64. The number of alkyl halides is 3. The highest BCUT2D eigenvalue weighted by Gasteiger charge is 2.30. The maximum Gasteiger partial charge on any atom is 0.416 e. The molecule has 3 aromatic rings. The molecule has 118 valence electrons. The van der Waals surface area contributed by atoms with Crippen LogP contribution in [-0.2, 0) is 6.18 Å². The second-order valence-electron chi connectivity index (χ2n) is 4.71. The van der Waals surface area contributed by atoms with Gasteiger partial charge in [0, 0.05) is 16.5 Å². The molecule has 0 fully saturated rings. The van der Waals surface area contributed by atoms with E-state index in [-0.39, 0.29) is 11.7 Å². The number of benzene rings is 1. The summed E-state index contributed by atoms with van der Waals surface area (Å²) in [5.41, 5.74) is 0.0109. The van der Waals surface area contributed by atoms with Gasteiger partial charge in [-0.3, -0.25) is 5.21 Å². The van der Waals surface area contributed by atoms with E-state index in [0.717, 1.165) is 16.9 Å². The van der Waals surface area contributed by atoms with Gasteiger partial charge in [-0.1, -0.05) is 6.07 Å². The number of nitrogens with one attached hydrogen (secondary N) is 1. The van der Waals surface area contributed by atoms with Crippen molar-refractivity contribution in [3.05, 3.63) is 60.6 Å². The summed E-state index contributed by atoms with van der Waals surface area (Å²) in [6.45, 7) is 0. The first kappa shape index (κ1) is 14.9. The first-order valence-corrected chi connectivity index (χ1v) is 6.53. The number of hydrogen-bond donors (Lipinski definition) is 2. The first-order chi connectivity index (χ1) is 10.9. The summed E-state index contributed by atoms with van der Waals surface area (Å²) >= 11 is 0. The number of aromatic nitrogens is 2. The third-order valence-electron chi connectivity index (χ3n) is 3.02. The van der Waals surface area contributed by atoms with Crippen molar-refractivity contribution < 1.29 is 27.5 Å². The van der Waals surface area contributed by atoms with Gasteiger partial charge >= 0.3 is 6.18 Å². The van der Waals surface area contributed by atoms with Crippen molar-refractivity contribution in [2.45, 2.75) is 6.18 Å². The van der Waals surface area contributed by atoms with Gasteiger partial charge in [-0.25, -0.2) is 4.98 Å². The number of oxazole rings is 1. The summed E-state index contributed by atoms with van der Waals surface area (Å²) < 4.78 is 44.3. The van der Waals surface area contributed by atoms with Gasteiger partial charge in [0.2, 0.25) is 12.4 Å². The minimum Gasteiger partial charge on any atom is -0.423 e. The molecule has 2 N–H and O–H groups in total. The summed E-state index contributed by atoms with van der Waals surface area (Å²) in [7, 11) is 0. The van der Waals surface area contributed by atoms with E-state index in [9.17, 15) is 18.4 Å². The molecule has 0 amide bonds. The first-order valence-electron chi connectivity index (χ1n) is 6.53. The van der Waals surface area contributed by atoms with Crippen molar-refractivity contribution in [2.75, 3.05) is 5.32 Å². The van der Waals surface area contributed by atoms with Crippen molar-refractivity contribution >= 4 is 11.7 Å². The zero-order valence-corrected chi connectivity index (χ0v) is 11.6. The third kappa shape index (κ3) is 3.42. The van der Waals surface area contributed by atoms with Gasteiger partial charge in [0.1, 0.15) is 0 Å². The number of pyridine rings is 1. The monoisotopic (exact) mass is 322 g/mol. The van der Waals surface area contributed by atoms with Crippen molar-refractivity contribution in [3.8, 4) is 11.3 Å². The number of nitrogens with zero attached hydrogens (tertiary/aromatic N) is 2. The lowest BCUT2D eigenvalue weighted by Gasteiger charge is -2.08. The molecule has 8 heteroatoms. The Hall–Kier alpha value is -3.03. The second-order valence-corrected chi connectivity index (χ2v) is 4.71. The van der Waals surface area contributed by atoms with E-state index in [1.54, 1.807) is 12.1 Å². The van der Waals surface area contributed by atoms with Gasteiger partial charge in [0.15, 0.2) is 5.76 Å². The van der Waals surface area contributed by atoms with Crippen molar-refractivity contribution in [1.82, 2.24) is 4.98 Å². The van der Waals surface area contributed by atoms with Crippen LogP contribution in [0.4, 0.5) is 24.9 Å². The van der Waals surface area contributed by atoms with E-state index in [1.807, 2.05) is 0 Å². The highest BCUT2D eigenvalue weighted by atomic mass is 19.4. The fraction of sp³-hybridized carbons (Fsp3) is 0.0667. The standard InChI is InChI=1S/C15H11F3N3O2/c16-15(17,18)11-4-1-5-12(7-11)20-14-19-8-13(23-14)10-3-2-6-21(22)9-10/h1-9,22H,(H,19,20)/q+1. The van der Waals surface area contributed by atoms with E-state index < -0.39 is 11.7 Å². The van der Waals surface area contributed by atoms with E-state index in [0.29, 0.717) is 11.3 Å². The van der Waals surface area contributed by atoms with E-state index in [2.05, 4.69) is 10.3 Å². The zero-order chi connectivity index (χ0) is 16.4. The maximum absolute atomic E-state index is 12.7. The Bertz CT molecular complexity index is 831. The van der Waals surface area contributed by atoms with Gasteiger partial charge in [0.25, 0.3) is 6.01 Å². The molecule has 23 heavy (non-hydrogen) atoms. The fourth-order valence-corrected chi connectivity index (χ4v) is 1.97. The van der Waals surface area contributed by atoms with Gasteiger partial charge < -0.3 is 9.73 Å². The van der Waals surface area contributed by atoms with Crippen LogP contribution in [0.5, 0.6) is 0 Å². The van der Waals surface area contributed by atoms with Crippen LogP contribution in [-0.4, -0.2) is 10.2 Å². The predicted octanol–water partition coefficient (Wildman–Crippen LogP) is 3.63. The van der Waals surface area contributed by atoms with E-state index >= 15 is 0 Å². The van der Waals surface area contributed by atoms with Crippen molar-refractivity contribution in [1.29, 1.82) is 0 Å². The quantitative estimate of drug-likeness (QED) is 0.571. The molecule has 0 bridgehead atoms. The van der Waals surface area contributed by atoms with Crippen LogP contribution in [0.15, 0.2) is 59.4 Å². The minimum absolute atomic E-state index is 0.0488. The van der Waals surface area contributed by atoms with Crippen LogP contribution in [0.2, 0.25) is 0 Å². The van der Waals surface area contributed by atoms with Crippen LogP contribution >= 0.6 is 0 Å². The topological polar surface area (TPSA) is 62.2 Å². The summed E-state index contributed by atoms with van der Waals surface area (Å²) in [5, 5.41) is 12.0. The fourth-order valence-electron chi connectivity index (χ4n) is 1.97. The molecule has 0 aliphatic rings. The highest BCUT2D eigenvalue weighted by molar-refractivity contribution is 5.58. The molecule has 1 aromatic carbocycles. The summed E-state index contributed by atoms with van der Waals surface area (Å²) in [6.07, 6.45) is -0.167. The number of anilines is 2. The molecule has 0 aliphatic carbocycles. The number of hydrogen-bond acceptors (Lipinski definition) is 4. The Morgan fingerprint density at radius 2 is 2.00 bits per heavy atom. The van der Waals surface area contributed by atoms with E-state index in [4.69, 9.17) is 4.42 Å². The zero-order valence-electron chi connectivity index (χ0n) is 11.6. The molecular formula is C15H11F3N3O2+. The van der Waals surface area contributed by atoms with Gasteiger partial charge in [-0.05, 0) is 24.3 Å². The molecular weight excluding hydrogens is 311 g/mol. The Kier molecular flexibility index (Phi) is 3.65. The highest BCUT2D eigenvalue weighted by Crippen LogP contribution is 2.31. The Morgan fingerprint density at radius 3 is 2.74 bits per heavy atom. The number of halogens is 3. The lowest BCUT2D eigenvalue weighted by Crippen LogP contribution is -2.28. The average molecular weight is 322 g/mol. The lowest BCUT2D eigenvalue weighted by molar-refractivity contribution is -0.904. The third-order valence-corrected chi connectivity index (χ3v) is 3.02. The molecule has 2 heterocycles. The molecule has 0 unspecified atom stereocenters. The normalized spacial score (nSPS) is 11.4. The molecule has 0 aliphatic heterocycles. The number of rotatable bonds is 3. The molecule has 0 radical (unpaired) electrons. The molecule has 5 nitrogen and oxygen atoms in total. The SMILES string of the molecule is O[n+]1cccc(-c2cnc(Nc3cccc(C(F)(F)F)c3)o2)c1. The molecule has 2 aromatic heterocycles. The smallest absolute Gasteiger partial charge is 0.416 e. The van der Waals surface area contributed by atoms with Crippen LogP contribution in [0.3, 0.4) is 0 Å². The van der Waals surface area contributed by atoms with Crippen LogP contribution in [0.25, 0.3) is 11.3 Å².